The number of nitrogens with one attached hydrogen (secondary N) is 1. The number of carbonyl (C=O) groups excluding carboxylic acids is 2. The second-order valence-corrected chi connectivity index (χ2v) is 11.0. The van der Waals surface area contributed by atoms with Crippen molar-refractivity contribution in [1.82, 2.24) is 10.2 Å². The Morgan fingerprint density at radius 3 is 2.32 bits per heavy atom. The fraction of sp³-hybridized carbons (Fsp3) is 0.440. The van der Waals surface area contributed by atoms with Gasteiger partial charge in [-0.25, -0.2) is 8.42 Å². The molecule has 1 N–H and O–H groups in total. The van der Waals surface area contributed by atoms with Gasteiger partial charge in [-0.15, -0.1) is 0 Å². The maximum Gasteiger partial charge on any atom is 0.244 e. The fourth-order valence-corrected chi connectivity index (χ4v) is 4.68. The lowest BCUT2D eigenvalue weighted by Gasteiger charge is -2.32. The monoisotopic (exact) mass is 507 g/mol. The van der Waals surface area contributed by atoms with Crippen LogP contribution in [-0.2, 0) is 26.2 Å². The Bertz CT molecular complexity index is 1140. The third kappa shape index (κ3) is 7.46. The molecule has 9 heteroatoms. The minimum Gasteiger partial charge on any atom is -0.352 e. The zero-order chi connectivity index (χ0) is 25.6. The van der Waals surface area contributed by atoms with Crippen molar-refractivity contribution in [2.24, 2.45) is 0 Å². The number of rotatable bonds is 10. The van der Waals surface area contributed by atoms with Crippen LogP contribution in [0.25, 0.3) is 0 Å². The Balaban J connectivity index is 2.42. The van der Waals surface area contributed by atoms with E-state index in [4.69, 9.17) is 11.6 Å². The van der Waals surface area contributed by atoms with Gasteiger partial charge in [-0.2, -0.15) is 0 Å². The van der Waals surface area contributed by atoms with Gasteiger partial charge in [0, 0.05) is 17.6 Å². The number of carbonyl (C=O) groups is 2. The lowest BCUT2D eigenvalue weighted by Crippen LogP contribution is -2.52. The molecule has 186 valence electrons. The van der Waals surface area contributed by atoms with Crippen LogP contribution < -0.4 is 9.62 Å². The molecule has 2 aromatic carbocycles. The average Bonchev–Trinajstić information content (AvgIpc) is 2.74. The summed E-state index contributed by atoms with van der Waals surface area (Å²) in [6.07, 6.45) is 1.81. The predicted molar refractivity (Wildman–Crippen MR) is 137 cm³/mol. The summed E-state index contributed by atoms with van der Waals surface area (Å²) in [5, 5.41) is 3.41. The Labute approximate surface area is 208 Å². The molecule has 0 aromatic heterocycles. The topological polar surface area (TPSA) is 86.8 Å². The molecule has 0 heterocycles. The number of halogens is 1. The first-order chi connectivity index (χ1) is 15.8. The van der Waals surface area contributed by atoms with Crippen molar-refractivity contribution in [3.05, 3.63) is 64.2 Å². The number of hydrogen-bond acceptors (Lipinski definition) is 4. The number of benzene rings is 2. The van der Waals surface area contributed by atoms with Crippen molar-refractivity contribution in [2.45, 2.75) is 59.7 Å². The van der Waals surface area contributed by atoms with Crippen LogP contribution in [0, 0.1) is 13.8 Å². The number of hydrogen-bond donors (Lipinski definition) is 1. The van der Waals surface area contributed by atoms with Crippen molar-refractivity contribution in [3.8, 4) is 0 Å². The molecule has 0 spiro atoms. The molecule has 0 aliphatic carbocycles. The van der Waals surface area contributed by atoms with Crippen molar-refractivity contribution in [1.29, 1.82) is 0 Å². The van der Waals surface area contributed by atoms with E-state index in [2.05, 4.69) is 5.32 Å². The summed E-state index contributed by atoms with van der Waals surface area (Å²) >= 11 is 6.12. The number of anilines is 1. The second kappa shape index (κ2) is 11.7. The van der Waals surface area contributed by atoms with Crippen molar-refractivity contribution < 1.29 is 18.0 Å². The lowest BCUT2D eigenvalue weighted by molar-refractivity contribution is -0.139. The normalized spacial score (nSPS) is 13.1. The first-order valence-electron chi connectivity index (χ1n) is 11.2. The third-order valence-corrected chi connectivity index (χ3v) is 7.07. The molecular weight excluding hydrogens is 474 g/mol. The highest BCUT2D eigenvalue weighted by Crippen LogP contribution is 2.24. The minimum atomic E-state index is -3.77. The smallest absolute Gasteiger partial charge is 0.244 e. The van der Waals surface area contributed by atoms with Gasteiger partial charge in [0.2, 0.25) is 21.8 Å². The van der Waals surface area contributed by atoms with Gasteiger partial charge in [-0.05, 0) is 63.4 Å². The highest BCUT2D eigenvalue weighted by molar-refractivity contribution is 7.92. The van der Waals surface area contributed by atoms with E-state index in [1.165, 1.54) is 4.90 Å². The van der Waals surface area contributed by atoms with Gasteiger partial charge < -0.3 is 10.2 Å². The van der Waals surface area contributed by atoms with E-state index in [0.717, 1.165) is 33.7 Å². The van der Waals surface area contributed by atoms with E-state index in [1.54, 1.807) is 44.2 Å². The van der Waals surface area contributed by atoms with Crippen LogP contribution in [0.15, 0.2) is 42.5 Å². The summed E-state index contributed by atoms with van der Waals surface area (Å²) in [5.41, 5.74) is 2.89. The van der Waals surface area contributed by atoms with E-state index < -0.39 is 28.5 Å². The van der Waals surface area contributed by atoms with Crippen LogP contribution in [0.1, 0.15) is 43.9 Å². The maximum absolute atomic E-state index is 13.5. The molecule has 2 atom stereocenters. The standard InChI is InChI=1S/C25H34ClN3O4S/c1-7-19(4)27-25(31)20(5)28(15-21-9-8-10-22(26)14-21)24(30)16-29(34(6,32)33)23-12-11-17(2)13-18(23)3/h8-14,19-20H,7,15-16H2,1-6H3,(H,27,31)/t19-,20-/m1/s1. The molecule has 0 saturated carbocycles. The van der Waals surface area contributed by atoms with E-state index in [9.17, 15) is 18.0 Å². The maximum atomic E-state index is 13.5. The molecule has 2 aromatic rings. The van der Waals surface area contributed by atoms with Crippen LogP contribution in [-0.4, -0.2) is 50.0 Å². The van der Waals surface area contributed by atoms with Crippen LogP contribution in [0.2, 0.25) is 5.02 Å². The van der Waals surface area contributed by atoms with Gasteiger partial charge in [-0.1, -0.05) is 48.4 Å². The van der Waals surface area contributed by atoms with Gasteiger partial charge >= 0.3 is 0 Å². The average molecular weight is 508 g/mol. The minimum absolute atomic E-state index is 0.0548. The van der Waals surface area contributed by atoms with Crippen LogP contribution in [0.5, 0.6) is 0 Å². The summed E-state index contributed by atoms with van der Waals surface area (Å²) in [6, 6.07) is 11.5. The molecule has 0 unspecified atom stereocenters. The summed E-state index contributed by atoms with van der Waals surface area (Å²) < 4.78 is 26.4. The number of nitrogens with zero attached hydrogens (tertiary/aromatic N) is 2. The van der Waals surface area contributed by atoms with E-state index in [-0.39, 0.29) is 18.5 Å². The summed E-state index contributed by atoms with van der Waals surface area (Å²) in [7, 11) is -3.77. The first kappa shape index (κ1) is 27.7. The molecule has 0 bridgehead atoms. The van der Waals surface area contributed by atoms with Gasteiger partial charge in [-0.3, -0.25) is 13.9 Å². The van der Waals surface area contributed by atoms with E-state index in [1.807, 2.05) is 32.9 Å². The highest BCUT2D eigenvalue weighted by Gasteiger charge is 2.31. The Morgan fingerprint density at radius 1 is 1.09 bits per heavy atom. The van der Waals surface area contributed by atoms with Gasteiger partial charge in [0.1, 0.15) is 12.6 Å². The molecule has 0 aliphatic rings. The summed E-state index contributed by atoms with van der Waals surface area (Å²) in [4.78, 5) is 27.8. The van der Waals surface area contributed by atoms with Crippen molar-refractivity contribution >= 4 is 39.1 Å². The molecule has 0 saturated heterocycles. The number of sulfonamides is 1. The molecular formula is C25H34ClN3O4S. The molecule has 0 fully saturated rings. The van der Waals surface area contributed by atoms with E-state index >= 15 is 0 Å². The lowest BCUT2D eigenvalue weighted by atomic mass is 10.1. The van der Waals surface area contributed by atoms with Crippen LogP contribution in [0.4, 0.5) is 5.69 Å². The fourth-order valence-electron chi connectivity index (χ4n) is 3.56. The van der Waals surface area contributed by atoms with Gasteiger partial charge in [0.05, 0.1) is 11.9 Å². The highest BCUT2D eigenvalue weighted by atomic mass is 35.5. The van der Waals surface area contributed by atoms with Gasteiger partial charge in [0.15, 0.2) is 0 Å². The molecule has 34 heavy (non-hydrogen) atoms. The SMILES string of the molecule is CC[C@@H](C)NC(=O)[C@@H](C)N(Cc1cccc(Cl)c1)C(=O)CN(c1ccc(C)cc1C)S(C)(=O)=O. The quantitative estimate of drug-likeness (QED) is 0.525. The zero-order valence-corrected chi connectivity index (χ0v) is 22.2. The van der Waals surface area contributed by atoms with Gasteiger partial charge in [0.25, 0.3) is 0 Å². The molecule has 0 aliphatic heterocycles. The van der Waals surface area contributed by atoms with E-state index in [0.29, 0.717) is 10.7 Å². The van der Waals surface area contributed by atoms with Crippen LogP contribution >= 0.6 is 11.6 Å². The Morgan fingerprint density at radius 2 is 1.76 bits per heavy atom. The molecule has 0 radical (unpaired) electrons. The summed E-state index contributed by atoms with van der Waals surface area (Å²) in [6.45, 7) is 8.89. The van der Waals surface area contributed by atoms with Crippen molar-refractivity contribution in [3.63, 3.8) is 0 Å². The number of aryl methyl sites for hydroxylation is 2. The summed E-state index contributed by atoms with van der Waals surface area (Å²) in [5.74, 6) is -0.792. The predicted octanol–water partition coefficient (Wildman–Crippen LogP) is 4.05. The molecule has 2 rings (SSSR count). The zero-order valence-electron chi connectivity index (χ0n) is 20.6. The number of amides is 2. The molecule has 7 nitrogen and oxygen atoms in total. The molecule has 2 amide bonds. The second-order valence-electron chi connectivity index (χ2n) is 8.70. The largest absolute Gasteiger partial charge is 0.352 e. The van der Waals surface area contributed by atoms with Crippen molar-refractivity contribution in [2.75, 3.05) is 17.1 Å². The Hall–Kier alpha value is -2.58. The first-order valence-corrected chi connectivity index (χ1v) is 13.4. The Kier molecular flexibility index (Phi) is 9.53. The third-order valence-electron chi connectivity index (χ3n) is 5.71. The van der Waals surface area contributed by atoms with Crippen LogP contribution in [0.3, 0.4) is 0 Å².